The van der Waals surface area contributed by atoms with Crippen LogP contribution in [0.2, 0.25) is 0 Å². The van der Waals surface area contributed by atoms with Gasteiger partial charge in [-0.05, 0) is 12.1 Å². The van der Waals surface area contributed by atoms with E-state index in [2.05, 4.69) is 10.1 Å². The van der Waals surface area contributed by atoms with Gasteiger partial charge in [0.2, 0.25) is 0 Å². The molecule has 0 amide bonds. The maximum Gasteiger partial charge on any atom is 0.415 e. The minimum atomic E-state index is -3.34. The zero-order valence-corrected chi connectivity index (χ0v) is 6.48. The Morgan fingerprint density at radius 2 is 2.15 bits per heavy atom. The highest BCUT2D eigenvalue weighted by Crippen LogP contribution is 2.36. The molecule has 1 N–H and O–H groups in total. The van der Waals surface area contributed by atoms with Crippen molar-refractivity contribution in [1.82, 2.24) is 0 Å². The lowest BCUT2D eigenvalue weighted by molar-refractivity contribution is -0.168. The van der Waals surface area contributed by atoms with Crippen LogP contribution in [0.3, 0.4) is 0 Å². The number of ether oxygens (including phenoxy) is 1. The Balaban J connectivity index is 2.44. The molecule has 1 aliphatic rings. The summed E-state index contributed by atoms with van der Waals surface area (Å²) in [7, 11) is 0. The van der Waals surface area contributed by atoms with Crippen molar-refractivity contribution in [3.05, 3.63) is 24.0 Å². The van der Waals surface area contributed by atoms with Crippen LogP contribution in [0, 0.1) is 5.82 Å². The van der Waals surface area contributed by atoms with Gasteiger partial charge in [-0.3, -0.25) is 0 Å². The standard InChI is InChI=1S/C8H6F3NO/c9-5-2-1-3-6-7(5)13-8(10,11)4-12-6/h1-3,12H,4H2. The molecule has 1 aromatic rings. The van der Waals surface area contributed by atoms with Crippen molar-refractivity contribution in [2.75, 3.05) is 11.9 Å². The highest BCUT2D eigenvalue weighted by atomic mass is 19.3. The predicted octanol–water partition coefficient (Wildman–Crippen LogP) is 2.22. The first-order chi connectivity index (χ1) is 6.08. The van der Waals surface area contributed by atoms with Crippen LogP contribution in [0.4, 0.5) is 18.9 Å². The molecule has 0 fully saturated rings. The van der Waals surface area contributed by atoms with Crippen LogP contribution < -0.4 is 10.1 Å². The van der Waals surface area contributed by atoms with E-state index in [0.717, 1.165) is 6.07 Å². The molecule has 0 saturated heterocycles. The second-order valence-corrected chi connectivity index (χ2v) is 2.71. The molecule has 0 aliphatic carbocycles. The maximum absolute atomic E-state index is 12.9. The number of alkyl halides is 2. The van der Waals surface area contributed by atoms with E-state index in [4.69, 9.17) is 0 Å². The van der Waals surface area contributed by atoms with Crippen molar-refractivity contribution in [2.45, 2.75) is 6.11 Å². The van der Waals surface area contributed by atoms with Gasteiger partial charge in [-0.15, -0.1) is 0 Å². The van der Waals surface area contributed by atoms with E-state index in [0.29, 0.717) is 0 Å². The molecule has 0 atom stereocenters. The molecule has 0 saturated carbocycles. The fraction of sp³-hybridized carbons (Fsp3) is 0.250. The zero-order valence-electron chi connectivity index (χ0n) is 6.48. The summed E-state index contributed by atoms with van der Waals surface area (Å²) in [6.45, 7) is -0.635. The van der Waals surface area contributed by atoms with Gasteiger partial charge in [0.05, 0.1) is 5.69 Å². The van der Waals surface area contributed by atoms with Crippen LogP contribution in [0.25, 0.3) is 0 Å². The second-order valence-electron chi connectivity index (χ2n) is 2.71. The van der Waals surface area contributed by atoms with E-state index >= 15 is 0 Å². The third-order valence-electron chi connectivity index (χ3n) is 1.70. The van der Waals surface area contributed by atoms with Crippen LogP contribution in [-0.2, 0) is 0 Å². The lowest BCUT2D eigenvalue weighted by Crippen LogP contribution is -2.37. The number of benzene rings is 1. The molecule has 0 aromatic heterocycles. The molecule has 70 valence electrons. The largest absolute Gasteiger partial charge is 0.426 e. The summed E-state index contributed by atoms with van der Waals surface area (Å²) in [5.41, 5.74) is 0.255. The highest BCUT2D eigenvalue weighted by molar-refractivity contribution is 5.58. The summed E-state index contributed by atoms with van der Waals surface area (Å²) in [5, 5.41) is 2.38. The lowest BCUT2D eigenvalue weighted by atomic mass is 10.2. The molecule has 13 heavy (non-hydrogen) atoms. The first-order valence-electron chi connectivity index (χ1n) is 3.68. The van der Waals surface area contributed by atoms with Crippen LogP contribution in [0.5, 0.6) is 5.75 Å². The Bertz CT molecular complexity index is 340. The number of anilines is 1. The van der Waals surface area contributed by atoms with Gasteiger partial charge in [0.1, 0.15) is 6.54 Å². The summed E-state index contributed by atoms with van der Waals surface area (Å²) in [6, 6.07) is 3.98. The fourth-order valence-corrected chi connectivity index (χ4v) is 1.14. The van der Waals surface area contributed by atoms with Gasteiger partial charge in [0, 0.05) is 0 Å². The topological polar surface area (TPSA) is 21.3 Å². The Morgan fingerprint density at radius 1 is 1.38 bits per heavy atom. The van der Waals surface area contributed by atoms with Crippen molar-refractivity contribution in [2.24, 2.45) is 0 Å². The van der Waals surface area contributed by atoms with Crippen molar-refractivity contribution in [3.63, 3.8) is 0 Å². The van der Waals surface area contributed by atoms with Crippen LogP contribution in [-0.4, -0.2) is 12.7 Å². The number of halogens is 3. The molecule has 0 unspecified atom stereocenters. The third-order valence-corrected chi connectivity index (χ3v) is 1.70. The average Bonchev–Trinajstić information content (AvgIpc) is 2.06. The molecule has 0 radical (unpaired) electrons. The fourth-order valence-electron chi connectivity index (χ4n) is 1.14. The van der Waals surface area contributed by atoms with Crippen molar-refractivity contribution >= 4 is 5.69 Å². The summed E-state index contributed by atoms with van der Waals surface area (Å²) < 4.78 is 42.3. The maximum atomic E-state index is 12.9. The van der Waals surface area contributed by atoms with Gasteiger partial charge >= 0.3 is 6.11 Å². The summed E-state index contributed by atoms with van der Waals surface area (Å²) in [4.78, 5) is 0. The minimum absolute atomic E-state index is 0.255. The van der Waals surface area contributed by atoms with E-state index in [1.807, 2.05) is 0 Å². The summed E-state index contributed by atoms with van der Waals surface area (Å²) in [6.07, 6.45) is -3.34. The Hall–Kier alpha value is -1.39. The molecule has 2 nitrogen and oxygen atoms in total. The number of nitrogens with one attached hydrogen (secondary N) is 1. The predicted molar refractivity (Wildman–Crippen MR) is 40.5 cm³/mol. The molecule has 2 rings (SSSR count). The Kier molecular flexibility index (Phi) is 1.61. The number of fused-ring (bicyclic) bond motifs is 1. The monoisotopic (exact) mass is 189 g/mol. The first-order valence-corrected chi connectivity index (χ1v) is 3.68. The van der Waals surface area contributed by atoms with Crippen LogP contribution in [0.15, 0.2) is 18.2 Å². The molecule has 5 heteroatoms. The summed E-state index contributed by atoms with van der Waals surface area (Å²) >= 11 is 0. The van der Waals surface area contributed by atoms with Gasteiger partial charge in [0.25, 0.3) is 0 Å². The van der Waals surface area contributed by atoms with E-state index in [1.54, 1.807) is 0 Å². The van der Waals surface area contributed by atoms with Gasteiger partial charge in [-0.2, -0.15) is 8.78 Å². The van der Waals surface area contributed by atoms with E-state index in [1.165, 1.54) is 12.1 Å². The van der Waals surface area contributed by atoms with E-state index < -0.39 is 24.2 Å². The van der Waals surface area contributed by atoms with Gasteiger partial charge < -0.3 is 10.1 Å². The van der Waals surface area contributed by atoms with Gasteiger partial charge in [0.15, 0.2) is 11.6 Å². The van der Waals surface area contributed by atoms with Gasteiger partial charge in [-0.1, -0.05) is 6.07 Å². The number of para-hydroxylation sites is 1. The number of hydrogen-bond donors (Lipinski definition) is 1. The van der Waals surface area contributed by atoms with E-state index in [9.17, 15) is 13.2 Å². The SMILES string of the molecule is Fc1cccc2c1OC(F)(F)CN2. The number of hydrogen-bond acceptors (Lipinski definition) is 2. The highest BCUT2D eigenvalue weighted by Gasteiger charge is 2.37. The molecule has 1 aliphatic heterocycles. The van der Waals surface area contributed by atoms with Crippen molar-refractivity contribution in [1.29, 1.82) is 0 Å². The van der Waals surface area contributed by atoms with E-state index in [-0.39, 0.29) is 5.69 Å². The summed E-state index contributed by atoms with van der Waals surface area (Å²) in [5.74, 6) is -1.21. The van der Waals surface area contributed by atoms with Crippen molar-refractivity contribution < 1.29 is 17.9 Å². The zero-order chi connectivity index (χ0) is 9.47. The molecular formula is C8H6F3NO. The number of rotatable bonds is 0. The molecular weight excluding hydrogens is 183 g/mol. The van der Waals surface area contributed by atoms with Crippen molar-refractivity contribution in [3.8, 4) is 5.75 Å². The Morgan fingerprint density at radius 3 is 2.92 bits per heavy atom. The molecule has 1 heterocycles. The molecule has 0 bridgehead atoms. The minimum Gasteiger partial charge on any atom is -0.426 e. The third kappa shape index (κ3) is 1.41. The lowest BCUT2D eigenvalue weighted by Gasteiger charge is -2.26. The normalized spacial score (nSPS) is 18.4. The smallest absolute Gasteiger partial charge is 0.415 e. The first kappa shape index (κ1) is 8.22. The Labute approximate surface area is 72.3 Å². The van der Waals surface area contributed by atoms with Crippen LogP contribution in [0.1, 0.15) is 0 Å². The molecule has 1 aromatic carbocycles. The second kappa shape index (κ2) is 2.55. The average molecular weight is 189 g/mol. The van der Waals surface area contributed by atoms with Crippen LogP contribution >= 0.6 is 0 Å². The molecule has 0 spiro atoms. The quantitative estimate of drug-likeness (QED) is 0.675. The van der Waals surface area contributed by atoms with Gasteiger partial charge in [-0.25, -0.2) is 4.39 Å².